The lowest BCUT2D eigenvalue weighted by Gasteiger charge is -2.12. The van der Waals surface area contributed by atoms with Gasteiger partial charge in [-0.25, -0.2) is 4.99 Å². The summed E-state index contributed by atoms with van der Waals surface area (Å²) in [6.45, 7) is 9.44. The highest BCUT2D eigenvalue weighted by molar-refractivity contribution is 14.0. The summed E-state index contributed by atoms with van der Waals surface area (Å²) in [5.41, 5.74) is 1.11. The van der Waals surface area contributed by atoms with Crippen LogP contribution in [-0.4, -0.2) is 45.5 Å². The fraction of sp³-hybridized carbons (Fsp3) is 0.632. The highest BCUT2D eigenvalue weighted by Gasteiger charge is 2.10. The van der Waals surface area contributed by atoms with E-state index in [2.05, 4.69) is 22.5 Å². The molecule has 0 saturated carbocycles. The minimum Gasteiger partial charge on any atom is -0.490 e. The number of halogens is 1. The molecule has 148 valence electrons. The number of nitrogens with one attached hydrogen (secondary N) is 2. The number of unbranched alkanes of at least 4 members (excludes halogenated alkanes) is 1. The summed E-state index contributed by atoms with van der Waals surface area (Å²) in [6, 6.07) is 6.04. The first kappa shape index (κ1) is 22.8. The van der Waals surface area contributed by atoms with Gasteiger partial charge in [-0.15, -0.1) is 24.0 Å². The van der Waals surface area contributed by atoms with Crippen LogP contribution in [0.5, 0.6) is 11.5 Å². The van der Waals surface area contributed by atoms with Crippen molar-refractivity contribution in [1.29, 1.82) is 0 Å². The predicted octanol–water partition coefficient (Wildman–Crippen LogP) is 3.34. The van der Waals surface area contributed by atoms with E-state index >= 15 is 0 Å². The van der Waals surface area contributed by atoms with E-state index in [9.17, 15) is 0 Å². The van der Waals surface area contributed by atoms with E-state index in [-0.39, 0.29) is 24.0 Å². The van der Waals surface area contributed by atoms with Crippen LogP contribution in [0.4, 0.5) is 0 Å². The molecule has 1 aromatic rings. The average Bonchev–Trinajstić information content (AvgIpc) is 2.87. The SMILES string of the molecule is CCNC(=NCc1ccc2c(c1)OCCCO2)NCCCCOCC.I. The number of benzene rings is 1. The Balaban J connectivity index is 0.00000338. The van der Waals surface area contributed by atoms with Crippen molar-refractivity contribution in [1.82, 2.24) is 10.6 Å². The molecule has 1 aromatic carbocycles. The van der Waals surface area contributed by atoms with Crippen molar-refractivity contribution >= 4 is 29.9 Å². The first-order valence-corrected chi connectivity index (χ1v) is 9.32. The summed E-state index contributed by atoms with van der Waals surface area (Å²) in [7, 11) is 0. The van der Waals surface area contributed by atoms with Crippen LogP contribution in [0.3, 0.4) is 0 Å². The van der Waals surface area contributed by atoms with Gasteiger partial charge in [-0.2, -0.15) is 0 Å². The summed E-state index contributed by atoms with van der Waals surface area (Å²) in [6.07, 6.45) is 3.04. The summed E-state index contributed by atoms with van der Waals surface area (Å²) in [5, 5.41) is 6.65. The predicted molar refractivity (Wildman–Crippen MR) is 116 cm³/mol. The van der Waals surface area contributed by atoms with Crippen LogP contribution in [-0.2, 0) is 11.3 Å². The topological polar surface area (TPSA) is 64.1 Å². The number of hydrogen-bond donors (Lipinski definition) is 2. The normalized spacial score (nSPS) is 13.5. The Bertz CT molecular complexity index is 541. The number of nitrogens with zero attached hydrogens (tertiary/aromatic N) is 1. The lowest BCUT2D eigenvalue weighted by molar-refractivity contribution is 0.143. The molecule has 26 heavy (non-hydrogen) atoms. The molecule has 0 bridgehead atoms. The molecular weight excluding hydrogens is 445 g/mol. The second kappa shape index (κ2) is 13.9. The van der Waals surface area contributed by atoms with Crippen LogP contribution in [0.2, 0.25) is 0 Å². The summed E-state index contributed by atoms with van der Waals surface area (Å²) < 4.78 is 16.8. The first-order valence-electron chi connectivity index (χ1n) is 9.32. The average molecular weight is 477 g/mol. The Labute approximate surface area is 174 Å². The van der Waals surface area contributed by atoms with Crippen molar-refractivity contribution in [3.05, 3.63) is 23.8 Å². The smallest absolute Gasteiger partial charge is 0.191 e. The van der Waals surface area contributed by atoms with Crippen LogP contribution in [0, 0.1) is 0 Å². The van der Waals surface area contributed by atoms with Crippen molar-refractivity contribution in [3.8, 4) is 11.5 Å². The fourth-order valence-corrected chi connectivity index (χ4v) is 2.50. The van der Waals surface area contributed by atoms with E-state index < -0.39 is 0 Å². The Morgan fingerprint density at radius 3 is 2.69 bits per heavy atom. The molecule has 1 aliphatic rings. The van der Waals surface area contributed by atoms with E-state index in [0.717, 1.165) is 68.6 Å². The van der Waals surface area contributed by atoms with Crippen molar-refractivity contribution < 1.29 is 14.2 Å². The molecule has 7 heteroatoms. The first-order chi connectivity index (χ1) is 12.3. The summed E-state index contributed by atoms with van der Waals surface area (Å²) in [5.74, 6) is 2.48. The molecule has 0 fully saturated rings. The molecule has 0 aromatic heterocycles. The van der Waals surface area contributed by atoms with E-state index in [1.165, 1.54) is 0 Å². The second-order valence-electron chi connectivity index (χ2n) is 5.86. The molecule has 0 atom stereocenters. The van der Waals surface area contributed by atoms with Crippen LogP contribution in [0.15, 0.2) is 23.2 Å². The largest absolute Gasteiger partial charge is 0.490 e. The van der Waals surface area contributed by atoms with Gasteiger partial charge in [0.2, 0.25) is 0 Å². The molecule has 2 N–H and O–H groups in total. The van der Waals surface area contributed by atoms with Gasteiger partial charge < -0.3 is 24.8 Å². The van der Waals surface area contributed by atoms with E-state index in [1.54, 1.807) is 0 Å². The highest BCUT2D eigenvalue weighted by Crippen LogP contribution is 2.30. The summed E-state index contributed by atoms with van der Waals surface area (Å²) in [4.78, 5) is 4.66. The van der Waals surface area contributed by atoms with Gasteiger partial charge in [0, 0.05) is 32.7 Å². The minimum absolute atomic E-state index is 0. The number of fused-ring (bicyclic) bond motifs is 1. The van der Waals surface area contributed by atoms with Crippen molar-refractivity contribution in [2.45, 2.75) is 39.7 Å². The maximum Gasteiger partial charge on any atom is 0.191 e. The second-order valence-corrected chi connectivity index (χ2v) is 5.86. The Hall–Kier alpha value is -1.22. The van der Waals surface area contributed by atoms with Crippen LogP contribution in [0.1, 0.15) is 38.7 Å². The molecule has 0 amide bonds. The number of guanidine groups is 1. The maximum atomic E-state index is 5.74. The Morgan fingerprint density at radius 2 is 1.92 bits per heavy atom. The van der Waals surface area contributed by atoms with Gasteiger partial charge in [0.1, 0.15) is 0 Å². The number of ether oxygens (including phenoxy) is 3. The third kappa shape index (κ3) is 8.44. The zero-order valence-electron chi connectivity index (χ0n) is 15.9. The molecular formula is C19H32IN3O3. The minimum atomic E-state index is 0. The lowest BCUT2D eigenvalue weighted by Crippen LogP contribution is -2.37. The highest BCUT2D eigenvalue weighted by atomic mass is 127. The van der Waals surface area contributed by atoms with E-state index in [4.69, 9.17) is 14.2 Å². The number of rotatable bonds is 9. The molecule has 0 unspecified atom stereocenters. The summed E-state index contributed by atoms with van der Waals surface area (Å²) >= 11 is 0. The molecule has 1 heterocycles. The van der Waals surface area contributed by atoms with Crippen LogP contribution < -0.4 is 20.1 Å². The molecule has 6 nitrogen and oxygen atoms in total. The Kier molecular flexibility index (Phi) is 12.2. The van der Waals surface area contributed by atoms with E-state index in [1.807, 2.05) is 25.1 Å². The third-order valence-corrected chi connectivity index (χ3v) is 3.79. The molecule has 0 spiro atoms. The van der Waals surface area contributed by atoms with Crippen LogP contribution >= 0.6 is 24.0 Å². The monoisotopic (exact) mass is 477 g/mol. The maximum absolute atomic E-state index is 5.74. The standard InChI is InChI=1S/C19H31N3O3.HI/c1-3-20-19(21-10-5-6-11-23-4-2)22-15-16-8-9-17-18(14-16)25-13-7-12-24-17;/h8-9,14H,3-7,10-13,15H2,1-2H3,(H2,20,21,22);1H. The van der Waals surface area contributed by atoms with E-state index in [0.29, 0.717) is 19.8 Å². The van der Waals surface area contributed by atoms with Gasteiger partial charge in [-0.05, 0) is 44.4 Å². The third-order valence-electron chi connectivity index (χ3n) is 3.79. The quantitative estimate of drug-likeness (QED) is 0.247. The van der Waals surface area contributed by atoms with Crippen molar-refractivity contribution in [2.75, 3.05) is 39.5 Å². The van der Waals surface area contributed by atoms with Gasteiger partial charge >= 0.3 is 0 Å². The van der Waals surface area contributed by atoms with Crippen molar-refractivity contribution in [2.24, 2.45) is 4.99 Å². The van der Waals surface area contributed by atoms with Gasteiger partial charge in [0.25, 0.3) is 0 Å². The molecule has 1 aliphatic heterocycles. The number of aliphatic imine (C=N–C) groups is 1. The van der Waals surface area contributed by atoms with Crippen LogP contribution in [0.25, 0.3) is 0 Å². The molecule has 0 saturated heterocycles. The Morgan fingerprint density at radius 1 is 1.12 bits per heavy atom. The lowest BCUT2D eigenvalue weighted by atomic mass is 10.2. The van der Waals surface area contributed by atoms with Gasteiger partial charge in [0.15, 0.2) is 17.5 Å². The molecule has 0 aliphatic carbocycles. The zero-order valence-corrected chi connectivity index (χ0v) is 18.2. The number of hydrogen-bond acceptors (Lipinski definition) is 4. The zero-order chi connectivity index (χ0) is 17.7. The van der Waals surface area contributed by atoms with Gasteiger partial charge in [-0.3, -0.25) is 0 Å². The van der Waals surface area contributed by atoms with Gasteiger partial charge in [-0.1, -0.05) is 6.07 Å². The molecule has 2 rings (SSSR count). The molecule has 0 radical (unpaired) electrons. The van der Waals surface area contributed by atoms with Crippen molar-refractivity contribution in [3.63, 3.8) is 0 Å². The fourth-order valence-electron chi connectivity index (χ4n) is 2.50. The van der Waals surface area contributed by atoms with Gasteiger partial charge in [0.05, 0.1) is 19.8 Å².